The fourth-order valence-electron chi connectivity index (χ4n) is 1.36. The Balaban J connectivity index is 1.77. The highest BCUT2D eigenvalue weighted by atomic mass is 35.5. The summed E-state index contributed by atoms with van der Waals surface area (Å²) in [6.45, 7) is 0.440. The van der Waals surface area contributed by atoms with Crippen molar-refractivity contribution in [2.45, 2.75) is 11.7 Å². The number of amides is 1. The van der Waals surface area contributed by atoms with Crippen LogP contribution >= 0.6 is 23.4 Å². The van der Waals surface area contributed by atoms with Gasteiger partial charge in [0.1, 0.15) is 6.33 Å². The van der Waals surface area contributed by atoms with E-state index in [1.165, 1.54) is 22.8 Å². The Morgan fingerprint density at radius 3 is 3.05 bits per heavy atom. The monoisotopic (exact) mass is 297 g/mol. The summed E-state index contributed by atoms with van der Waals surface area (Å²) in [7, 11) is 0. The Kier molecular flexibility index (Phi) is 4.64. The highest BCUT2D eigenvalue weighted by Crippen LogP contribution is 2.12. The number of nitrogen functional groups attached to an aromatic ring is 1. The molecule has 0 saturated carbocycles. The summed E-state index contributed by atoms with van der Waals surface area (Å²) in [6.07, 6.45) is 1.38. The Hall–Kier alpha value is -1.73. The molecule has 19 heavy (non-hydrogen) atoms. The molecule has 1 amide bonds. The second-order valence-electron chi connectivity index (χ2n) is 3.72. The minimum atomic E-state index is -0.104. The molecule has 0 aliphatic carbocycles. The van der Waals surface area contributed by atoms with Crippen LogP contribution in [0, 0.1) is 0 Å². The largest absolute Gasteiger partial charge is 0.351 e. The quantitative estimate of drug-likeness (QED) is 0.636. The maximum absolute atomic E-state index is 11.6. The third kappa shape index (κ3) is 4.15. The molecule has 6 nitrogen and oxygen atoms in total. The fraction of sp³-hybridized carbons (Fsp3) is 0.182. The van der Waals surface area contributed by atoms with Crippen LogP contribution in [0.25, 0.3) is 0 Å². The van der Waals surface area contributed by atoms with Crippen LogP contribution < -0.4 is 11.2 Å². The van der Waals surface area contributed by atoms with E-state index in [-0.39, 0.29) is 11.7 Å². The summed E-state index contributed by atoms with van der Waals surface area (Å²) in [5.41, 5.74) is 0.952. The lowest BCUT2D eigenvalue weighted by molar-refractivity contribution is -0.118. The van der Waals surface area contributed by atoms with Crippen LogP contribution in [0.3, 0.4) is 0 Å². The molecular formula is C11H12ClN5OS. The number of hydrogen-bond acceptors (Lipinski definition) is 5. The number of aromatic nitrogens is 3. The fourth-order valence-corrected chi connectivity index (χ4v) is 2.24. The first kappa shape index (κ1) is 13.7. The van der Waals surface area contributed by atoms with Crippen LogP contribution in [0.15, 0.2) is 35.7 Å². The number of rotatable bonds is 5. The van der Waals surface area contributed by atoms with Gasteiger partial charge in [-0.3, -0.25) is 4.79 Å². The van der Waals surface area contributed by atoms with Crippen molar-refractivity contribution in [2.24, 2.45) is 0 Å². The first-order chi connectivity index (χ1) is 9.15. The molecule has 0 spiro atoms. The Morgan fingerprint density at radius 1 is 1.53 bits per heavy atom. The first-order valence-corrected chi connectivity index (χ1v) is 6.80. The van der Waals surface area contributed by atoms with Gasteiger partial charge in [0.15, 0.2) is 0 Å². The molecular weight excluding hydrogens is 286 g/mol. The number of thioether (sulfide) groups is 1. The third-order valence-corrected chi connectivity index (χ3v) is 3.44. The van der Waals surface area contributed by atoms with Crippen LogP contribution in [-0.2, 0) is 11.3 Å². The van der Waals surface area contributed by atoms with E-state index < -0.39 is 0 Å². The molecule has 8 heteroatoms. The van der Waals surface area contributed by atoms with Crippen molar-refractivity contribution in [3.05, 3.63) is 41.2 Å². The van der Waals surface area contributed by atoms with Crippen LogP contribution in [0.4, 0.5) is 0 Å². The Labute approximate surface area is 119 Å². The van der Waals surface area contributed by atoms with Crippen LogP contribution in [0.2, 0.25) is 5.02 Å². The number of nitrogens with one attached hydrogen (secondary N) is 1. The van der Waals surface area contributed by atoms with E-state index in [1.807, 2.05) is 18.2 Å². The van der Waals surface area contributed by atoms with Crippen LogP contribution in [0.5, 0.6) is 0 Å². The van der Waals surface area contributed by atoms with E-state index in [0.717, 1.165) is 5.56 Å². The van der Waals surface area contributed by atoms with E-state index in [0.29, 0.717) is 16.7 Å². The van der Waals surface area contributed by atoms with Crippen molar-refractivity contribution < 1.29 is 4.79 Å². The zero-order chi connectivity index (χ0) is 13.7. The molecule has 0 saturated heterocycles. The summed E-state index contributed by atoms with van der Waals surface area (Å²) in [5, 5.41) is 11.3. The number of benzene rings is 1. The number of nitrogens with two attached hydrogens (primary N) is 1. The van der Waals surface area contributed by atoms with Gasteiger partial charge in [0.25, 0.3) is 0 Å². The molecule has 0 aliphatic heterocycles. The van der Waals surface area contributed by atoms with Crippen molar-refractivity contribution in [3.8, 4) is 0 Å². The standard InChI is InChI=1S/C11H12ClN5OS/c12-9-3-1-2-8(4-9)5-14-10(18)6-19-11-16-15-7-17(11)13/h1-4,7H,5-6,13H2,(H,14,18). The van der Waals surface area contributed by atoms with Crippen molar-refractivity contribution in [1.82, 2.24) is 20.2 Å². The molecule has 0 aliphatic rings. The normalized spacial score (nSPS) is 10.4. The van der Waals surface area contributed by atoms with Crippen molar-refractivity contribution >= 4 is 29.3 Å². The molecule has 1 aromatic heterocycles. The molecule has 0 fully saturated rings. The Bertz CT molecular complexity index is 574. The van der Waals surface area contributed by atoms with E-state index in [9.17, 15) is 4.79 Å². The molecule has 2 aromatic rings. The number of halogens is 1. The maximum atomic E-state index is 11.6. The van der Waals surface area contributed by atoms with Gasteiger partial charge >= 0.3 is 0 Å². The number of carbonyl (C=O) groups excluding carboxylic acids is 1. The van der Waals surface area contributed by atoms with Gasteiger partial charge in [-0.1, -0.05) is 35.5 Å². The van der Waals surface area contributed by atoms with Crippen molar-refractivity contribution in [2.75, 3.05) is 11.6 Å². The SMILES string of the molecule is Nn1cnnc1SCC(=O)NCc1cccc(Cl)c1. The molecule has 0 bridgehead atoms. The van der Waals surface area contributed by atoms with Gasteiger partial charge < -0.3 is 11.2 Å². The highest BCUT2D eigenvalue weighted by molar-refractivity contribution is 7.99. The minimum Gasteiger partial charge on any atom is -0.351 e. The molecule has 2 rings (SSSR count). The summed E-state index contributed by atoms with van der Waals surface area (Å²) in [4.78, 5) is 11.6. The number of hydrogen-bond donors (Lipinski definition) is 2. The topological polar surface area (TPSA) is 85.8 Å². The second kappa shape index (κ2) is 6.44. The average molecular weight is 298 g/mol. The van der Waals surface area contributed by atoms with E-state index in [2.05, 4.69) is 15.5 Å². The molecule has 100 valence electrons. The predicted octanol–water partition coefficient (Wildman–Crippen LogP) is 1.05. The average Bonchev–Trinajstić information content (AvgIpc) is 2.80. The third-order valence-electron chi connectivity index (χ3n) is 2.25. The van der Waals surface area contributed by atoms with Crippen LogP contribution in [-0.4, -0.2) is 26.5 Å². The molecule has 0 atom stereocenters. The summed E-state index contributed by atoms with van der Waals surface area (Å²) in [5.74, 6) is 5.66. The predicted molar refractivity (Wildman–Crippen MR) is 74.2 cm³/mol. The molecule has 3 N–H and O–H groups in total. The molecule has 0 unspecified atom stereocenters. The van der Waals surface area contributed by atoms with E-state index in [1.54, 1.807) is 6.07 Å². The zero-order valence-electron chi connectivity index (χ0n) is 9.91. The van der Waals surface area contributed by atoms with Crippen molar-refractivity contribution in [1.29, 1.82) is 0 Å². The van der Waals surface area contributed by atoms with Gasteiger partial charge in [0.05, 0.1) is 5.75 Å². The summed E-state index contributed by atoms with van der Waals surface area (Å²) in [6, 6.07) is 7.34. The highest BCUT2D eigenvalue weighted by Gasteiger charge is 2.07. The van der Waals surface area contributed by atoms with Crippen molar-refractivity contribution in [3.63, 3.8) is 0 Å². The summed E-state index contributed by atoms with van der Waals surface area (Å²) < 4.78 is 1.27. The maximum Gasteiger partial charge on any atom is 0.230 e. The van der Waals surface area contributed by atoms with E-state index >= 15 is 0 Å². The van der Waals surface area contributed by atoms with Gasteiger partial charge in [-0.2, -0.15) is 0 Å². The number of nitrogens with zero attached hydrogens (tertiary/aromatic N) is 3. The summed E-state index contributed by atoms with van der Waals surface area (Å²) >= 11 is 7.08. The van der Waals surface area contributed by atoms with Gasteiger partial charge in [-0.15, -0.1) is 10.2 Å². The van der Waals surface area contributed by atoms with Gasteiger partial charge in [0.2, 0.25) is 11.1 Å². The number of carbonyl (C=O) groups is 1. The van der Waals surface area contributed by atoms with Gasteiger partial charge in [-0.05, 0) is 17.7 Å². The Morgan fingerprint density at radius 2 is 2.37 bits per heavy atom. The van der Waals surface area contributed by atoms with E-state index in [4.69, 9.17) is 17.4 Å². The molecule has 1 aromatic carbocycles. The van der Waals surface area contributed by atoms with Gasteiger partial charge in [0, 0.05) is 11.6 Å². The second-order valence-corrected chi connectivity index (χ2v) is 5.10. The smallest absolute Gasteiger partial charge is 0.230 e. The minimum absolute atomic E-state index is 0.104. The lowest BCUT2D eigenvalue weighted by Crippen LogP contribution is -2.24. The van der Waals surface area contributed by atoms with Crippen LogP contribution in [0.1, 0.15) is 5.56 Å². The lowest BCUT2D eigenvalue weighted by atomic mass is 10.2. The molecule has 1 heterocycles. The first-order valence-electron chi connectivity index (χ1n) is 5.44. The lowest BCUT2D eigenvalue weighted by Gasteiger charge is -2.05. The molecule has 0 radical (unpaired) electrons. The van der Waals surface area contributed by atoms with Gasteiger partial charge in [-0.25, -0.2) is 4.68 Å². The zero-order valence-corrected chi connectivity index (χ0v) is 11.5.